The fraction of sp³-hybridized carbons (Fsp3) is 0.429. The number of halogens is 1. The maximum atomic E-state index is 12.1. The van der Waals surface area contributed by atoms with E-state index in [0.29, 0.717) is 18.8 Å². The molecule has 0 unspecified atom stereocenters. The molecular weight excluding hydrogens is 366 g/mol. The van der Waals surface area contributed by atoms with Crippen LogP contribution in [0.1, 0.15) is 29.0 Å². The van der Waals surface area contributed by atoms with E-state index < -0.39 is 5.97 Å². The molecule has 0 atom stereocenters. The second-order valence-electron chi connectivity index (χ2n) is 5.02. The van der Waals surface area contributed by atoms with Crippen molar-refractivity contribution in [3.8, 4) is 0 Å². The number of amides is 1. The Hall–Kier alpha value is -2.16. The highest BCUT2D eigenvalue weighted by atomic mass is 79.9. The van der Waals surface area contributed by atoms with Gasteiger partial charge >= 0.3 is 5.97 Å². The van der Waals surface area contributed by atoms with Gasteiger partial charge < -0.3 is 10.4 Å². The van der Waals surface area contributed by atoms with Crippen LogP contribution in [0.2, 0.25) is 0 Å². The molecule has 0 radical (unpaired) electrons. The lowest BCUT2D eigenvalue weighted by atomic mass is 10.3. The van der Waals surface area contributed by atoms with Crippen molar-refractivity contribution in [2.75, 3.05) is 6.54 Å². The Bertz CT molecular complexity index is 675. The zero-order valence-corrected chi connectivity index (χ0v) is 14.3. The summed E-state index contributed by atoms with van der Waals surface area (Å²) in [6, 6.07) is 1.57. The van der Waals surface area contributed by atoms with Crippen molar-refractivity contribution in [2.45, 2.75) is 32.9 Å². The number of hydrogen-bond donors (Lipinski definition) is 2. The van der Waals surface area contributed by atoms with Crippen LogP contribution in [0, 0.1) is 6.92 Å². The number of aryl methyl sites for hydroxylation is 3. The lowest BCUT2D eigenvalue weighted by Crippen LogP contribution is -2.28. The Kier molecular flexibility index (Phi) is 5.91. The molecule has 0 aliphatic heterocycles. The van der Waals surface area contributed by atoms with Gasteiger partial charge in [0.25, 0.3) is 5.91 Å². The van der Waals surface area contributed by atoms with Gasteiger partial charge in [0.15, 0.2) is 0 Å². The second-order valence-corrected chi connectivity index (χ2v) is 5.87. The molecule has 0 saturated heterocycles. The molecule has 0 spiro atoms. The lowest BCUT2D eigenvalue weighted by molar-refractivity contribution is -0.137. The van der Waals surface area contributed by atoms with Crippen LogP contribution in [0.3, 0.4) is 0 Å². The van der Waals surface area contributed by atoms with Crippen LogP contribution >= 0.6 is 15.9 Å². The van der Waals surface area contributed by atoms with Gasteiger partial charge in [0, 0.05) is 25.5 Å². The van der Waals surface area contributed by atoms with Gasteiger partial charge in [-0.2, -0.15) is 10.2 Å². The van der Waals surface area contributed by atoms with E-state index in [9.17, 15) is 9.59 Å². The Morgan fingerprint density at radius 3 is 2.83 bits per heavy atom. The van der Waals surface area contributed by atoms with E-state index in [0.717, 1.165) is 16.6 Å². The first-order valence-corrected chi connectivity index (χ1v) is 7.98. The van der Waals surface area contributed by atoms with Crippen LogP contribution < -0.4 is 5.32 Å². The van der Waals surface area contributed by atoms with Gasteiger partial charge in [-0.05, 0) is 35.3 Å². The maximum absolute atomic E-state index is 12.1. The topological polar surface area (TPSA) is 102 Å². The number of rotatable bonds is 8. The van der Waals surface area contributed by atoms with Crippen molar-refractivity contribution in [2.24, 2.45) is 0 Å². The number of aromatic nitrogens is 4. The third kappa shape index (κ3) is 4.92. The molecule has 0 aliphatic carbocycles. The van der Waals surface area contributed by atoms with Gasteiger partial charge in [-0.15, -0.1) is 0 Å². The average Bonchev–Trinajstić information content (AvgIpc) is 3.08. The number of carbonyl (C=O) groups is 2. The summed E-state index contributed by atoms with van der Waals surface area (Å²) in [4.78, 5) is 22.7. The summed E-state index contributed by atoms with van der Waals surface area (Å²) in [5, 5.41) is 19.8. The molecule has 0 bridgehead atoms. The summed E-state index contributed by atoms with van der Waals surface area (Å²) >= 11 is 3.40. The molecule has 2 aromatic rings. The van der Waals surface area contributed by atoms with Crippen LogP contribution in [-0.2, 0) is 17.9 Å². The minimum Gasteiger partial charge on any atom is -0.481 e. The summed E-state index contributed by atoms with van der Waals surface area (Å²) in [5.74, 6) is -1.18. The van der Waals surface area contributed by atoms with Crippen molar-refractivity contribution in [3.05, 3.63) is 34.3 Å². The Labute approximate surface area is 141 Å². The first-order valence-electron chi connectivity index (χ1n) is 7.18. The zero-order chi connectivity index (χ0) is 16.8. The molecule has 9 heteroatoms. The molecule has 2 N–H and O–H groups in total. The smallest absolute Gasteiger partial charge is 0.305 e. The van der Waals surface area contributed by atoms with E-state index >= 15 is 0 Å². The van der Waals surface area contributed by atoms with Gasteiger partial charge in [-0.1, -0.05) is 0 Å². The SMILES string of the molecule is Cc1nn(CCCNC(=O)c2ccnn2CCC(=O)O)cc1Br. The van der Waals surface area contributed by atoms with E-state index in [2.05, 4.69) is 31.4 Å². The summed E-state index contributed by atoms with van der Waals surface area (Å²) in [6.45, 7) is 3.29. The van der Waals surface area contributed by atoms with Gasteiger partial charge in [0.05, 0.1) is 23.1 Å². The Balaban J connectivity index is 1.78. The number of hydrogen-bond acceptors (Lipinski definition) is 4. The molecule has 0 saturated carbocycles. The van der Waals surface area contributed by atoms with Gasteiger partial charge in [-0.25, -0.2) is 0 Å². The maximum Gasteiger partial charge on any atom is 0.305 e. The van der Waals surface area contributed by atoms with E-state index in [4.69, 9.17) is 5.11 Å². The van der Waals surface area contributed by atoms with E-state index in [1.807, 2.05) is 17.8 Å². The zero-order valence-electron chi connectivity index (χ0n) is 12.7. The van der Waals surface area contributed by atoms with Crippen LogP contribution in [0.5, 0.6) is 0 Å². The van der Waals surface area contributed by atoms with Crippen molar-refractivity contribution in [1.29, 1.82) is 0 Å². The van der Waals surface area contributed by atoms with Crippen LogP contribution in [-0.4, -0.2) is 43.1 Å². The summed E-state index contributed by atoms with van der Waals surface area (Å²) in [7, 11) is 0. The molecule has 124 valence electrons. The van der Waals surface area contributed by atoms with Crippen molar-refractivity contribution in [1.82, 2.24) is 24.9 Å². The highest BCUT2D eigenvalue weighted by Crippen LogP contribution is 2.13. The summed E-state index contributed by atoms with van der Waals surface area (Å²) in [5.41, 5.74) is 1.29. The van der Waals surface area contributed by atoms with Crippen LogP contribution in [0.25, 0.3) is 0 Å². The minimum atomic E-state index is -0.924. The van der Waals surface area contributed by atoms with Gasteiger partial charge in [-0.3, -0.25) is 19.0 Å². The third-order valence-corrected chi connectivity index (χ3v) is 4.00. The Morgan fingerprint density at radius 2 is 2.17 bits per heavy atom. The molecule has 2 aromatic heterocycles. The number of carbonyl (C=O) groups excluding carboxylic acids is 1. The number of carboxylic acid groups (broad SMARTS) is 1. The molecule has 1 amide bonds. The molecule has 2 heterocycles. The van der Waals surface area contributed by atoms with E-state index in [1.165, 1.54) is 10.9 Å². The predicted molar refractivity (Wildman–Crippen MR) is 86.1 cm³/mol. The molecule has 0 aliphatic rings. The third-order valence-electron chi connectivity index (χ3n) is 3.22. The van der Waals surface area contributed by atoms with Gasteiger partial charge in [0.1, 0.15) is 5.69 Å². The second kappa shape index (κ2) is 7.91. The molecule has 23 heavy (non-hydrogen) atoms. The first kappa shape index (κ1) is 17.2. The predicted octanol–water partition coefficient (Wildman–Crippen LogP) is 1.45. The number of aliphatic carboxylic acids is 1. The molecule has 0 aromatic carbocycles. The fourth-order valence-electron chi connectivity index (χ4n) is 2.05. The van der Waals surface area contributed by atoms with Crippen molar-refractivity contribution < 1.29 is 14.7 Å². The van der Waals surface area contributed by atoms with E-state index in [1.54, 1.807) is 6.07 Å². The van der Waals surface area contributed by atoms with E-state index in [-0.39, 0.29) is 18.9 Å². The normalized spacial score (nSPS) is 10.7. The van der Waals surface area contributed by atoms with Crippen LogP contribution in [0.4, 0.5) is 0 Å². The van der Waals surface area contributed by atoms with Crippen molar-refractivity contribution in [3.63, 3.8) is 0 Å². The number of carboxylic acids is 1. The average molecular weight is 384 g/mol. The van der Waals surface area contributed by atoms with Gasteiger partial charge in [0.2, 0.25) is 0 Å². The monoisotopic (exact) mass is 383 g/mol. The fourth-order valence-corrected chi connectivity index (χ4v) is 2.36. The summed E-state index contributed by atoms with van der Waals surface area (Å²) in [6.07, 6.45) is 4.05. The summed E-state index contributed by atoms with van der Waals surface area (Å²) < 4.78 is 4.18. The largest absolute Gasteiger partial charge is 0.481 e. The number of nitrogens with one attached hydrogen (secondary N) is 1. The highest BCUT2D eigenvalue weighted by molar-refractivity contribution is 9.10. The Morgan fingerprint density at radius 1 is 1.39 bits per heavy atom. The standard InChI is InChI=1S/C14H18BrN5O3/c1-10-11(15)9-19(18-10)7-2-5-16-14(23)12-3-6-17-20(12)8-4-13(21)22/h3,6,9H,2,4-5,7-8H2,1H3,(H,16,23)(H,21,22). The highest BCUT2D eigenvalue weighted by Gasteiger charge is 2.12. The quantitative estimate of drug-likeness (QED) is 0.671. The lowest BCUT2D eigenvalue weighted by Gasteiger charge is -2.07. The molecule has 8 nitrogen and oxygen atoms in total. The number of nitrogens with zero attached hydrogens (tertiary/aromatic N) is 4. The molecule has 0 fully saturated rings. The molecular formula is C14H18BrN5O3. The van der Waals surface area contributed by atoms with Crippen LogP contribution in [0.15, 0.2) is 22.9 Å². The minimum absolute atomic E-state index is 0.0739. The molecule has 2 rings (SSSR count). The first-order chi connectivity index (χ1) is 11.0. The van der Waals surface area contributed by atoms with Crippen molar-refractivity contribution >= 4 is 27.8 Å².